The zero-order chi connectivity index (χ0) is 13.3. The third-order valence-corrected chi connectivity index (χ3v) is 3.86. The number of benzene rings is 1. The van der Waals surface area contributed by atoms with E-state index in [4.69, 9.17) is 5.11 Å². The molecule has 0 saturated carbocycles. The maximum atomic E-state index is 11.1. The van der Waals surface area contributed by atoms with E-state index in [9.17, 15) is 9.90 Å². The number of aromatic carboxylic acids is 1. The highest BCUT2D eigenvalue weighted by molar-refractivity contribution is 7.10. The highest BCUT2D eigenvalue weighted by Gasteiger charge is 2.21. The van der Waals surface area contributed by atoms with Gasteiger partial charge in [-0.3, -0.25) is 0 Å². The molecule has 0 aliphatic carbocycles. The molecule has 18 heavy (non-hydrogen) atoms. The van der Waals surface area contributed by atoms with Gasteiger partial charge in [-0.15, -0.1) is 11.3 Å². The molecule has 94 valence electrons. The number of hydrogen-bond donors (Lipinski definition) is 2. The molecule has 2 aromatic rings. The fourth-order valence-electron chi connectivity index (χ4n) is 1.98. The van der Waals surface area contributed by atoms with Gasteiger partial charge >= 0.3 is 5.97 Å². The van der Waals surface area contributed by atoms with E-state index in [-0.39, 0.29) is 5.56 Å². The zero-order valence-electron chi connectivity index (χ0n) is 10.2. The molecule has 3 nitrogen and oxygen atoms in total. The van der Waals surface area contributed by atoms with E-state index in [2.05, 4.69) is 0 Å². The molecule has 0 amide bonds. The van der Waals surface area contributed by atoms with Gasteiger partial charge in [-0.2, -0.15) is 0 Å². The molecule has 0 radical (unpaired) electrons. The van der Waals surface area contributed by atoms with Crippen LogP contribution in [0.3, 0.4) is 0 Å². The number of thiophene rings is 1. The van der Waals surface area contributed by atoms with E-state index in [0.717, 1.165) is 16.7 Å². The van der Waals surface area contributed by atoms with Gasteiger partial charge in [-0.1, -0.05) is 23.8 Å². The number of hydrogen-bond acceptors (Lipinski definition) is 3. The fraction of sp³-hybridized carbons (Fsp3) is 0.214. The number of aryl methyl sites for hydroxylation is 2. The summed E-state index contributed by atoms with van der Waals surface area (Å²) in [5.74, 6) is -1.00. The minimum absolute atomic E-state index is 0.174. The first-order chi connectivity index (χ1) is 8.50. The van der Waals surface area contributed by atoms with E-state index in [1.165, 1.54) is 17.4 Å². The number of carboxylic acid groups (broad SMARTS) is 1. The van der Waals surface area contributed by atoms with Crippen LogP contribution in [0.5, 0.6) is 0 Å². The van der Waals surface area contributed by atoms with Crippen LogP contribution >= 0.6 is 11.3 Å². The largest absolute Gasteiger partial charge is 0.478 e. The molecule has 0 aliphatic heterocycles. The van der Waals surface area contributed by atoms with Crippen molar-refractivity contribution >= 4 is 17.3 Å². The van der Waals surface area contributed by atoms with E-state index >= 15 is 0 Å². The molecule has 0 saturated heterocycles. The van der Waals surface area contributed by atoms with Gasteiger partial charge in [0.25, 0.3) is 0 Å². The average Bonchev–Trinajstić information content (AvgIpc) is 2.77. The van der Waals surface area contributed by atoms with E-state index < -0.39 is 12.1 Å². The van der Waals surface area contributed by atoms with Crippen LogP contribution in [-0.2, 0) is 0 Å². The van der Waals surface area contributed by atoms with Crippen LogP contribution < -0.4 is 0 Å². The van der Waals surface area contributed by atoms with Crippen LogP contribution in [0.1, 0.15) is 38.0 Å². The summed E-state index contributed by atoms with van der Waals surface area (Å²) in [6.45, 7) is 3.90. The van der Waals surface area contributed by atoms with Crippen LogP contribution in [0, 0.1) is 13.8 Å². The van der Waals surface area contributed by atoms with E-state index in [1.54, 1.807) is 5.38 Å². The molecule has 0 spiro atoms. The van der Waals surface area contributed by atoms with Gasteiger partial charge in [-0.05, 0) is 36.4 Å². The molecule has 2 rings (SSSR count). The van der Waals surface area contributed by atoms with Crippen LogP contribution in [0.25, 0.3) is 0 Å². The molecular formula is C14H14O3S. The molecule has 1 atom stereocenters. The predicted octanol–water partition coefficient (Wildman–Crippen LogP) is 3.14. The zero-order valence-corrected chi connectivity index (χ0v) is 11.0. The molecule has 2 N–H and O–H groups in total. The van der Waals surface area contributed by atoms with Crippen molar-refractivity contribution in [3.05, 3.63) is 56.8 Å². The third-order valence-electron chi connectivity index (χ3n) is 2.89. The molecule has 0 aliphatic rings. The van der Waals surface area contributed by atoms with Crippen LogP contribution in [0.2, 0.25) is 0 Å². The number of carboxylic acids is 1. The Kier molecular flexibility index (Phi) is 3.50. The van der Waals surface area contributed by atoms with Crippen molar-refractivity contribution in [2.45, 2.75) is 20.0 Å². The topological polar surface area (TPSA) is 57.5 Å². The first-order valence-corrected chi connectivity index (χ1v) is 6.44. The predicted molar refractivity (Wildman–Crippen MR) is 71.3 cm³/mol. The minimum atomic E-state index is -1.00. The lowest BCUT2D eigenvalue weighted by Crippen LogP contribution is -2.06. The minimum Gasteiger partial charge on any atom is -0.478 e. The Morgan fingerprint density at radius 3 is 2.61 bits per heavy atom. The molecule has 0 bridgehead atoms. The van der Waals surface area contributed by atoms with Gasteiger partial charge in [0.05, 0.1) is 10.4 Å². The lowest BCUT2D eigenvalue weighted by molar-refractivity contribution is 0.0692. The second-order valence-electron chi connectivity index (χ2n) is 4.27. The van der Waals surface area contributed by atoms with Crippen molar-refractivity contribution in [3.8, 4) is 0 Å². The standard InChI is InChI=1S/C14H14O3S/c1-8-3-4-10(9(2)7-8)12(15)13-11(14(16)17)5-6-18-13/h3-7,12,15H,1-2H3,(H,16,17). The SMILES string of the molecule is Cc1ccc(C(O)c2sccc2C(=O)O)c(C)c1. The maximum Gasteiger partial charge on any atom is 0.336 e. The van der Waals surface area contributed by atoms with Crippen molar-refractivity contribution in [1.29, 1.82) is 0 Å². The Balaban J connectivity index is 2.44. The van der Waals surface area contributed by atoms with Crippen LogP contribution in [-0.4, -0.2) is 16.2 Å². The van der Waals surface area contributed by atoms with Crippen molar-refractivity contribution < 1.29 is 15.0 Å². The Hall–Kier alpha value is -1.65. The highest BCUT2D eigenvalue weighted by Crippen LogP contribution is 2.31. The normalized spacial score (nSPS) is 12.4. The summed E-state index contributed by atoms with van der Waals surface area (Å²) in [6.07, 6.45) is -0.878. The summed E-state index contributed by atoms with van der Waals surface area (Å²) in [5, 5.41) is 21.1. The molecular weight excluding hydrogens is 248 g/mol. The Labute approximate surface area is 109 Å². The molecule has 4 heteroatoms. The smallest absolute Gasteiger partial charge is 0.336 e. The van der Waals surface area contributed by atoms with Crippen molar-refractivity contribution in [1.82, 2.24) is 0 Å². The molecule has 1 unspecified atom stereocenters. The van der Waals surface area contributed by atoms with Gasteiger partial charge in [-0.25, -0.2) is 4.79 Å². The first-order valence-electron chi connectivity index (χ1n) is 5.56. The number of rotatable bonds is 3. The summed E-state index contributed by atoms with van der Waals surface area (Å²) in [6, 6.07) is 7.27. The van der Waals surface area contributed by atoms with Gasteiger partial charge < -0.3 is 10.2 Å². The summed E-state index contributed by atoms with van der Waals surface area (Å²) in [4.78, 5) is 11.5. The van der Waals surface area contributed by atoms with Gasteiger partial charge in [0.1, 0.15) is 6.10 Å². The van der Waals surface area contributed by atoms with Crippen LogP contribution in [0.4, 0.5) is 0 Å². The van der Waals surface area contributed by atoms with Gasteiger partial charge in [0.2, 0.25) is 0 Å². The lowest BCUT2D eigenvalue weighted by Gasteiger charge is -2.14. The quantitative estimate of drug-likeness (QED) is 0.893. The Morgan fingerprint density at radius 2 is 2.00 bits per heavy atom. The highest BCUT2D eigenvalue weighted by atomic mass is 32.1. The second-order valence-corrected chi connectivity index (χ2v) is 5.21. The van der Waals surface area contributed by atoms with Gasteiger partial charge in [0.15, 0.2) is 0 Å². The molecule has 1 aromatic carbocycles. The lowest BCUT2D eigenvalue weighted by atomic mass is 9.99. The molecule has 1 aromatic heterocycles. The summed E-state index contributed by atoms with van der Waals surface area (Å²) < 4.78 is 0. The molecule has 1 heterocycles. The number of carbonyl (C=O) groups is 1. The summed E-state index contributed by atoms with van der Waals surface area (Å²) in [5.41, 5.74) is 3.01. The Morgan fingerprint density at radius 1 is 1.28 bits per heavy atom. The van der Waals surface area contributed by atoms with E-state index in [1.807, 2.05) is 32.0 Å². The average molecular weight is 262 g/mol. The second kappa shape index (κ2) is 4.92. The van der Waals surface area contributed by atoms with Crippen molar-refractivity contribution in [3.63, 3.8) is 0 Å². The van der Waals surface area contributed by atoms with Crippen molar-refractivity contribution in [2.75, 3.05) is 0 Å². The monoisotopic (exact) mass is 262 g/mol. The summed E-state index contributed by atoms with van der Waals surface area (Å²) in [7, 11) is 0. The number of aliphatic hydroxyl groups excluding tert-OH is 1. The van der Waals surface area contributed by atoms with E-state index in [0.29, 0.717) is 4.88 Å². The van der Waals surface area contributed by atoms with Gasteiger partial charge in [0, 0.05) is 0 Å². The first kappa shape index (κ1) is 12.8. The fourth-order valence-corrected chi connectivity index (χ4v) is 2.87. The summed E-state index contributed by atoms with van der Waals surface area (Å²) >= 11 is 1.26. The molecule has 0 fully saturated rings. The van der Waals surface area contributed by atoms with Crippen molar-refractivity contribution in [2.24, 2.45) is 0 Å². The Bertz CT molecular complexity index is 586. The maximum absolute atomic E-state index is 11.1. The van der Waals surface area contributed by atoms with Crippen LogP contribution in [0.15, 0.2) is 29.6 Å². The number of aliphatic hydroxyl groups is 1. The third kappa shape index (κ3) is 2.30.